The first kappa shape index (κ1) is 17.5. The van der Waals surface area contributed by atoms with Crippen molar-refractivity contribution in [2.45, 2.75) is 33.8 Å². The van der Waals surface area contributed by atoms with E-state index in [0.29, 0.717) is 11.4 Å². The fourth-order valence-corrected chi connectivity index (χ4v) is 2.31. The molecule has 5 nitrogen and oxygen atoms in total. The van der Waals surface area contributed by atoms with Crippen LogP contribution >= 0.6 is 0 Å². The Morgan fingerprint density at radius 1 is 1.08 bits per heavy atom. The Labute approximate surface area is 141 Å². The van der Waals surface area contributed by atoms with Crippen molar-refractivity contribution in [3.05, 3.63) is 58.7 Å². The number of nitrogens with one attached hydrogen (secondary N) is 1. The maximum absolute atomic E-state index is 12.3. The van der Waals surface area contributed by atoms with Crippen LogP contribution in [0.1, 0.15) is 34.0 Å². The summed E-state index contributed by atoms with van der Waals surface area (Å²) in [6.07, 6.45) is -0.677. The van der Waals surface area contributed by atoms with E-state index in [1.54, 1.807) is 19.1 Å². The lowest BCUT2D eigenvalue weighted by Crippen LogP contribution is -2.30. The van der Waals surface area contributed by atoms with Gasteiger partial charge in [0.05, 0.1) is 5.56 Å². The van der Waals surface area contributed by atoms with Crippen LogP contribution in [0.5, 0.6) is 5.75 Å². The van der Waals surface area contributed by atoms with Gasteiger partial charge in [-0.1, -0.05) is 6.07 Å². The molecule has 0 unspecified atom stereocenters. The molecule has 2 aromatic carbocycles. The Hall–Kier alpha value is -2.82. The Morgan fingerprint density at radius 3 is 2.29 bits per heavy atom. The minimum absolute atomic E-state index is 0.170. The van der Waals surface area contributed by atoms with Crippen molar-refractivity contribution < 1.29 is 19.4 Å². The van der Waals surface area contributed by atoms with Crippen LogP contribution in [-0.2, 0) is 4.79 Å². The van der Waals surface area contributed by atoms with Crippen LogP contribution in [0.25, 0.3) is 0 Å². The summed E-state index contributed by atoms with van der Waals surface area (Å²) < 4.78 is 5.80. The number of benzene rings is 2. The van der Waals surface area contributed by atoms with Gasteiger partial charge in [0.2, 0.25) is 0 Å². The number of aryl methyl sites for hydroxylation is 2. The number of ether oxygens (including phenoxy) is 1. The number of anilines is 1. The average molecular weight is 327 g/mol. The summed E-state index contributed by atoms with van der Waals surface area (Å²) in [5, 5.41) is 11.6. The van der Waals surface area contributed by atoms with E-state index in [1.807, 2.05) is 26.8 Å². The second-order valence-electron chi connectivity index (χ2n) is 5.84. The summed E-state index contributed by atoms with van der Waals surface area (Å²) in [5.74, 6) is -0.608. The molecule has 2 aromatic rings. The van der Waals surface area contributed by atoms with Crippen molar-refractivity contribution in [3.8, 4) is 5.75 Å². The minimum atomic E-state index is -1.00. The Kier molecular flexibility index (Phi) is 5.24. The molecule has 24 heavy (non-hydrogen) atoms. The van der Waals surface area contributed by atoms with Gasteiger partial charge in [0.1, 0.15) is 5.75 Å². The molecule has 126 valence electrons. The molecule has 1 amide bonds. The third-order valence-electron chi connectivity index (χ3n) is 3.84. The molecule has 0 saturated heterocycles. The molecule has 0 radical (unpaired) electrons. The number of amides is 1. The van der Waals surface area contributed by atoms with Gasteiger partial charge in [0.25, 0.3) is 5.91 Å². The van der Waals surface area contributed by atoms with Gasteiger partial charge in [0.15, 0.2) is 6.10 Å². The molecule has 0 heterocycles. The molecule has 2 N–H and O–H groups in total. The number of carboxylic acids is 1. The molecule has 0 aliphatic heterocycles. The summed E-state index contributed by atoms with van der Waals surface area (Å²) in [7, 11) is 0. The van der Waals surface area contributed by atoms with E-state index in [-0.39, 0.29) is 11.5 Å². The fraction of sp³-hybridized carbons (Fsp3) is 0.263. The summed E-state index contributed by atoms with van der Waals surface area (Å²) in [6.45, 7) is 7.62. The van der Waals surface area contributed by atoms with Gasteiger partial charge in [-0.25, -0.2) is 4.79 Å². The van der Waals surface area contributed by atoms with Crippen molar-refractivity contribution in [1.82, 2.24) is 0 Å². The molecular formula is C19H21NO4. The lowest BCUT2D eigenvalue weighted by molar-refractivity contribution is -0.122. The van der Waals surface area contributed by atoms with Crippen LogP contribution in [0.4, 0.5) is 5.69 Å². The van der Waals surface area contributed by atoms with E-state index >= 15 is 0 Å². The highest BCUT2D eigenvalue weighted by Crippen LogP contribution is 2.24. The summed E-state index contributed by atoms with van der Waals surface area (Å²) in [4.78, 5) is 23.1. The van der Waals surface area contributed by atoms with Crippen molar-refractivity contribution in [1.29, 1.82) is 0 Å². The quantitative estimate of drug-likeness (QED) is 0.877. The summed E-state index contributed by atoms with van der Waals surface area (Å²) in [6, 6.07) is 9.96. The highest BCUT2D eigenvalue weighted by molar-refractivity contribution is 5.95. The third-order valence-corrected chi connectivity index (χ3v) is 3.84. The number of hydrogen-bond acceptors (Lipinski definition) is 3. The van der Waals surface area contributed by atoms with E-state index in [9.17, 15) is 9.59 Å². The first-order valence-electron chi connectivity index (χ1n) is 7.66. The maximum atomic E-state index is 12.3. The molecule has 1 atom stereocenters. The fourth-order valence-electron chi connectivity index (χ4n) is 2.31. The van der Waals surface area contributed by atoms with Gasteiger partial charge < -0.3 is 15.2 Å². The predicted octanol–water partition coefficient (Wildman–Crippen LogP) is 3.72. The van der Waals surface area contributed by atoms with Gasteiger partial charge in [-0.15, -0.1) is 0 Å². The van der Waals surface area contributed by atoms with E-state index in [1.165, 1.54) is 12.1 Å². The average Bonchev–Trinajstić information content (AvgIpc) is 2.52. The number of carbonyl (C=O) groups is 2. The lowest BCUT2D eigenvalue weighted by Gasteiger charge is -2.18. The minimum Gasteiger partial charge on any atom is -0.481 e. The molecule has 5 heteroatoms. The van der Waals surface area contributed by atoms with E-state index in [2.05, 4.69) is 11.4 Å². The van der Waals surface area contributed by atoms with Crippen LogP contribution in [0.15, 0.2) is 36.4 Å². The molecule has 0 spiro atoms. The third kappa shape index (κ3) is 4.13. The standard InChI is InChI=1S/C19H21NO4/c1-11-9-12(2)13(3)17(10-11)24-14(4)18(21)20-16-7-5-15(6-8-16)19(22)23/h5-10,14H,1-4H3,(H,20,21)(H,22,23)/t14-/m1/s1. The van der Waals surface area contributed by atoms with Crippen LogP contribution in [0.3, 0.4) is 0 Å². The topological polar surface area (TPSA) is 75.6 Å². The number of rotatable bonds is 5. The van der Waals surface area contributed by atoms with Crippen molar-refractivity contribution >= 4 is 17.6 Å². The van der Waals surface area contributed by atoms with Crippen LogP contribution in [0, 0.1) is 20.8 Å². The molecule has 0 aliphatic carbocycles. The summed E-state index contributed by atoms with van der Waals surface area (Å²) in [5.41, 5.74) is 3.89. The summed E-state index contributed by atoms with van der Waals surface area (Å²) >= 11 is 0. The van der Waals surface area contributed by atoms with Crippen LogP contribution in [0.2, 0.25) is 0 Å². The van der Waals surface area contributed by atoms with Gasteiger partial charge >= 0.3 is 5.97 Å². The molecular weight excluding hydrogens is 306 g/mol. The second kappa shape index (κ2) is 7.17. The molecule has 0 bridgehead atoms. The molecule has 0 aromatic heterocycles. The van der Waals surface area contributed by atoms with Crippen LogP contribution < -0.4 is 10.1 Å². The van der Waals surface area contributed by atoms with Gasteiger partial charge in [-0.3, -0.25) is 4.79 Å². The zero-order chi connectivity index (χ0) is 17.9. The number of carbonyl (C=O) groups excluding carboxylic acids is 1. The zero-order valence-electron chi connectivity index (χ0n) is 14.2. The van der Waals surface area contributed by atoms with Crippen molar-refractivity contribution in [2.75, 3.05) is 5.32 Å². The first-order chi connectivity index (χ1) is 11.3. The largest absolute Gasteiger partial charge is 0.481 e. The Bertz CT molecular complexity index is 766. The SMILES string of the molecule is Cc1cc(C)c(C)c(O[C@H](C)C(=O)Nc2ccc(C(=O)O)cc2)c1. The normalized spacial score (nSPS) is 11.7. The molecule has 0 fully saturated rings. The lowest BCUT2D eigenvalue weighted by atomic mass is 10.1. The number of carboxylic acid groups (broad SMARTS) is 1. The van der Waals surface area contributed by atoms with Crippen LogP contribution in [-0.4, -0.2) is 23.1 Å². The van der Waals surface area contributed by atoms with Crippen molar-refractivity contribution in [3.63, 3.8) is 0 Å². The van der Waals surface area contributed by atoms with Gasteiger partial charge in [-0.05, 0) is 74.7 Å². The highest BCUT2D eigenvalue weighted by Gasteiger charge is 2.17. The highest BCUT2D eigenvalue weighted by atomic mass is 16.5. The molecule has 0 aliphatic rings. The van der Waals surface area contributed by atoms with E-state index < -0.39 is 12.1 Å². The number of aromatic carboxylic acids is 1. The first-order valence-corrected chi connectivity index (χ1v) is 7.66. The maximum Gasteiger partial charge on any atom is 0.335 e. The zero-order valence-corrected chi connectivity index (χ0v) is 14.2. The van der Waals surface area contributed by atoms with E-state index in [4.69, 9.17) is 9.84 Å². The van der Waals surface area contributed by atoms with Gasteiger partial charge in [-0.2, -0.15) is 0 Å². The van der Waals surface area contributed by atoms with Crippen molar-refractivity contribution in [2.24, 2.45) is 0 Å². The Morgan fingerprint density at radius 2 is 1.71 bits per heavy atom. The Balaban J connectivity index is 2.06. The smallest absolute Gasteiger partial charge is 0.335 e. The van der Waals surface area contributed by atoms with E-state index in [0.717, 1.165) is 16.7 Å². The second-order valence-corrected chi connectivity index (χ2v) is 5.84. The molecule has 0 saturated carbocycles. The van der Waals surface area contributed by atoms with Gasteiger partial charge in [0, 0.05) is 5.69 Å². The predicted molar refractivity (Wildman–Crippen MR) is 92.8 cm³/mol. The number of hydrogen-bond donors (Lipinski definition) is 2. The molecule has 2 rings (SSSR count). The monoisotopic (exact) mass is 327 g/mol.